The lowest BCUT2D eigenvalue weighted by Crippen LogP contribution is -2.44. The molecule has 0 aliphatic carbocycles. The number of benzene rings is 1. The number of carbonyl (C=O) groups excluding carboxylic acids is 1. The number of aromatic nitrogens is 1. The molecule has 8 heteroatoms. The first kappa shape index (κ1) is 18.6. The lowest BCUT2D eigenvalue weighted by atomic mass is 9.98. The van der Waals surface area contributed by atoms with Gasteiger partial charge in [-0.05, 0) is 45.2 Å². The topological polar surface area (TPSA) is 92.5 Å². The number of rotatable bonds is 4. The van der Waals surface area contributed by atoms with E-state index in [1.54, 1.807) is 13.8 Å². The third-order valence-corrected chi connectivity index (χ3v) is 6.83. The van der Waals surface area contributed by atoms with Crippen molar-refractivity contribution in [2.45, 2.75) is 38.5 Å². The summed E-state index contributed by atoms with van der Waals surface area (Å²) in [5, 5.41) is 6.65. The first-order valence-corrected chi connectivity index (χ1v) is 10.0. The van der Waals surface area contributed by atoms with Gasteiger partial charge in [0.05, 0.1) is 5.92 Å². The highest BCUT2D eigenvalue weighted by Gasteiger charge is 2.36. The van der Waals surface area contributed by atoms with E-state index in [-0.39, 0.29) is 23.1 Å². The maximum atomic E-state index is 13.0. The quantitative estimate of drug-likeness (QED) is 0.884. The smallest absolute Gasteiger partial charge is 0.248 e. The summed E-state index contributed by atoms with van der Waals surface area (Å²) in [5.41, 5.74) is 2.06. The summed E-state index contributed by atoms with van der Waals surface area (Å²) < 4.78 is 32.3. The Morgan fingerprint density at radius 3 is 2.65 bits per heavy atom. The summed E-state index contributed by atoms with van der Waals surface area (Å²) in [6.45, 7) is 5.66. The molecule has 1 aromatic heterocycles. The lowest BCUT2D eigenvalue weighted by molar-refractivity contribution is -0.120. The van der Waals surface area contributed by atoms with Crippen LogP contribution in [0.25, 0.3) is 0 Å². The van der Waals surface area contributed by atoms with Crippen LogP contribution in [0, 0.1) is 26.7 Å². The van der Waals surface area contributed by atoms with E-state index in [0.29, 0.717) is 25.1 Å². The molecule has 1 saturated heterocycles. The molecule has 1 atom stereocenters. The number of nitrogens with zero attached hydrogens (tertiary/aromatic N) is 2. The Morgan fingerprint density at radius 2 is 2.00 bits per heavy atom. The van der Waals surface area contributed by atoms with Gasteiger partial charge in [0.15, 0.2) is 5.76 Å². The van der Waals surface area contributed by atoms with Crippen LogP contribution >= 0.6 is 0 Å². The van der Waals surface area contributed by atoms with E-state index >= 15 is 0 Å². The van der Waals surface area contributed by atoms with Crippen LogP contribution in [0.5, 0.6) is 0 Å². The second-order valence-electron chi connectivity index (χ2n) is 6.66. The fraction of sp³-hybridized carbons (Fsp3) is 0.444. The third-order valence-electron chi connectivity index (χ3n) is 4.72. The number of aryl methyl sites for hydroxylation is 3. The Morgan fingerprint density at radius 1 is 1.27 bits per heavy atom. The lowest BCUT2D eigenvalue weighted by Gasteiger charge is -2.31. The van der Waals surface area contributed by atoms with Gasteiger partial charge >= 0.3 is 0 Å². The first-order valence-electron chi connectivity index (χ1n) is 8.60. The molecule has 1 aromatic carbocycles. The first-order chi connectivity index (χ1) is 12.3. The zero-order valence-corrected chi connectivity index (χ0v) is 16.0. The summed E-state index contributed by atoms with van der Waals surface area (Å²) in [6, 6.07) is 7.53. The summed E-state index contributed by atoms with van der Waals surface area (Å²) in [7, 11) is -3.73. The molecule has 0 unspecified atom stereocenters. The van der Waals surface area contributed by atoms with E-state index in [0.717, 1.165) is 11.3 Å². The normalized spacial score (nSPS) is 18.7. The minimum absolute atomic E-state index is 0.109. The van der Waals surface area contributed by atoms with Gasteiger partial charge in [0, 0.05) is 18.8 Å². The molecule has 140 valence electrons. The predicted octanol–water partition coefficient (Wildman–Crippen LogP) is 2.64. The van der Waals surface area contributed by atoms with Crippen LogP contribution in [-0.4, -0.2) is 36.9 Å². The van der Waals surface area contributed by atoms with Gasteiger partial charge in [0.2, 0.25) is 15.9 Å². The predicted molar refractivity (Wildman–Crippen MR) is 97.3 cm³/mol. The molecule has 1 fully saturated rings. The highest BCUT2D eigenvalue weighted by molar-refractivity contribution is 7.89. The molecule has 1 aliphatic rings. The third kappa shape index (κ3) is 3.52. The fourth-order valence-electron chi connectivity index (χ4n) is 3.29. The molecular formula is C18H23N3O4S. The van der Waals surface area contributed by atoms with Gasteiger partial charge < -0.3 is 9.84 Å². The van der Waals surface area contributed by atoms with Gasteiger partial charge in [-0.1, -0.05) is 23.4 Å². The van der Waals surface area contributed by atoms with E-state index in [2.05, 4.69) is 10.5 Å². The maximum absolute atomic E-state index is 13.0. The van der Waals surface area contributed by atoms with Gasteiger partial charge in [-0.25, -0.2) is 8.42 Å². The van der Waals surface area contributed by atoms with E-state index in [1.165, 1.54) is 4.31 Å². The number of carbonyl (C=O) groups is 1. The number of anilines is 1. The summed E-state index contributed by atoms with van der Waals surface area (Å²) in [6.07, 6.45) is 1.29. The van der Waals surface area contributed by atoms with Crippen LogP contribution in [0.15, 0.2) is 33.7 Å². The minimum Gasteiger partial charge on any atom is -0.360 e. The van der Waals surface area contributed by atoms with Crippen molar-refractivity contribution in [3.8, 4) is 0 Å². The van der Waals surface area contributed by atoms with Gasteiger partial charge in [-0.2, -0.15) is 4.31 Å². The molecule has 0 saturated carbocycles. The zero-order chi connectivity index (χ0) is 18.9. The Kier molecular flexibility index (Phi) is 5.15. The van der Waals surface area contributed by atoms with Crippen molar-refractivity contribution in [3.05, 3.63) is 41.3 Å². The number of hydrogen-bond acceptors (Lipinski definition) is 5. The summed E-state index contributed by atoms with van der Waals surface area (Å²) in [5.74, 6) is -0.273. The highest BCUT2D eigenvalue weighted by Crippen LogP contribution is 2.28. The molecular weight excluding hydrogens is 354 g/mol. The molecule has 0 radical (unpaired) electrons. The molecule has 2 aromatic rings. The number of nitrogens with one attached hydrogen (secondary N) is 1. The van der Waals surface area contributed by atoms with Crippen LogP contribution in [-0.2, 0) is 14.8 Å². The molecule has 0 spiro atoms. The Balaban J connectivity index is 1.77. The average molecular weight is 377 g/mol. The van der Waals surface area contributed by atoms with Crippen LogP contribution in [0.3, 0.4) is 0 Å². The van der Waals surface area contributed by atoms with Crippen LogP contribution in [0.2, 0.25) is 0 Å². The molecule has 1 N–H and O–H groups in total. The van der Waals surface area contributed by atoms with Gasteiger partial charge in [0.1, 0.15) is 10.6 Å². The fourth-order valence-corrected chi connectivity index (χ4v) is 5.11. The van der Waals surface area contributed by atoms with Crippen LogP contribution in [0.1, 0.15) is 29.9 Å². The van der Waals surface area contributed by atoms with Crippen molar-refractivity contribution in [2.75, 3.05) is 18.4 Å². The van der Waals surface area contributed by atoms with Gasteiger partial charge in [-0.15, -0.1) is 0 Å². The molecule has 1 amide bonds. The van der Waals surface area contributed by atoms with E-state index in [1.807, 2.05) is 31.2 Å². The standard InChI is InChI=1S/C18H23N3O4S/c1-12-7-4-5-9-16(12)19-18(22)15-8-6-10-21(11-15)26(23,24)17-13(2)20-25-14(17)3/h4-5,7,9,15H,6,8,10-11H2,1-3H3,(H,19,22)/t15-/m1/s1. The molecule has 3 rings (SSSR count). The van der Waals surface area contributed by atoms with E-state index < -0.39 is 15.9 Å². The molecule has 7 nitrogen and oxygen atoms in total. The number of piperidine rings is 1. The van der Waals surface area contributed by atoms with Crippen molar-refractivity contribution < 1.29 is 17.7 Å². The van der Waals surface area contributed by atoms with Gasteiger partial charge in [0.25, 0.3) is 0 Å². The summed E-state index contributed by atoms with van der Waals surface area (Å²) >= 11 is 0. The Hall–Kier alpha value is -2.19. The van der Waals surface area contributed by atoms with Crippen molar-refractivity contribution in [1.82, 2.24) is 9.46 Å². The number of sulfonamides is 1. The number of para-hydroxylation sites is 1. The largest absolute Gasteiger partial charge is 0.360 e. The van der Waals surface area contributed by atoms with Crippen LogP contribution < -0.4 is 5.32 Å². The maximum Gasteiger partial charge on any atom is 0.248 e. The highest BCUT2D eigenvalue weighted by atomic mass is 32.2. The van der Waals surface area contributed by atoms with E-state index in [4.69, 9.17) is 4.52 Å². The average Bonchev–Trinajstić information content (AvgIpc) is 2.96. The van der Waals surface area contributed by atoms with E-state index in [9.17, 15) is 13.2 Å². The second kappa shape index (κ2) is 7.20. The van der Waals surface area contributed by atoms with Crippen molar-refractivity contribution in [2.24, 2.45) is 5.92 Å². The van der Waals surface area contributed by atoms with Gasteiger partial charge in [-0.3, -0.25) is 4.79 Å². The summed E-state index contributed by atoms with van der Waals surface area (Å²) in [4.78, 5) is 12.8. The molecule has 2 heterocycles. The number of hydrogen-bond donors (Lipinski definition) is 1. The van der Waals surface area contributed by atoms with Crippen molar-refractivity contribution >= 4 is 21.6 Å². The molecule has 0 bridgehead atoms. The molecule has 26 heavy (non-hydrogen) atoms. The van der Waals surface area contributed by atoms with Crippen LogP contribution in [0.4, 0.5) is 5.69 Å². The molecule has 1 aliphatic heterocycles. The number of amides is 1. The SMILES string of the molecule is Cc1ccccc1NC(=O)[C@@H]1CCCN(S(=O)(=O)c2c(C)noc2C)C1. The zero-order valence-electron chi connectivity index (χ0n) is 15.2. The second-order valence-corrected chi connectivity index (χ2v) is 8.53. The monoisotopic (exact) mass is 377 g/mol. The minimum atomic E-state index is -3.73. The van der Waals surface area contributed by atoms with Crippen molar-refractivity contribution in [1.29, 1.82) is 0 Å². The van der Waals surface area contributed by atoms with Crippen molar-refractivity contribution in [3.63, 3.8) is 0 Å². The Bertz CT molecular complexity index is 901. The Labute approximate surface area is 153 Å².